The van der Waals surface area contributed by atoms with E-state index in [0.29, 0.717) is 17.4 Å². The zero-order chi connectivity index (χ0) is 23.7. The van der Waals surface area contributed by atoms with Gasteiger partial charge in [0.2, 0.25) is 11.8 Å². The first-order chi connectivity index (χ1) is 16.6. The quantitative estimate of drug-likeness (QED) is 0.384. The fourth-order valence-corrected chi connectivity index (χ4v) is 4.76. The van der Waals surface area contributed by atoms with E-state index < -0.39 is 11.8 Å². The minimum absolute atomic E-state index is 0.153. The van der Waals surface area contributed by atoms with Gasteiger partial charge in [0.25, 0.3) is 0 Å². The summed E-state index contributed by atoms with van der Waals surface area (Å²) in [6.45, 7) is 0.243. The normalized spacial score (nSPS) is 16.9. The number of nitrogens with one attached hydrogen (secondary N) is 2. The van der Waals surface area contributed by atoms with Crippen molar-refractivity contribution in [2.75, 3.05) is 7.11 Å². The van der Waals surface area contributed by atoms with Crippen LogP contribution in [-0.2, 0) is 6.61 Å². The number of aromatic amines is 1. The van der Waals surface area contributed by atoms with Gasteiger partial charge in [-0.15, -0.1) is 16.4 Å². The van der Waals surface area contributed by atoms with Crippen LogP contribution in [0.25, 0.3) is 10.6 Å². The summed E-state index contributed by atoms with van der Waals surface area (Å²) < 4.78 is 30.2. The van der Waals surface area contributed by atoms with Crippen LogP contribution in [0, 0.1) is 28.5 Å². The molecule has 170 valence electrons. The average Bonchev–Trinajstić information content (AvgIpc) is 3.52. The maximum absolute atomic E-state index is 13.2. The Labute approximate surface area is 198 Å². The largest absolute Gasteiger partial charge is 0.493 e. The third-order valence-electron chi connectivity index (χ3n) is 5.66. The van der Waals surface area contributed by atoms with Gasteiger partial charge in [-0.25, -0.2) is 4.39 Å². The molecule has 0 amide bonds. The maximum atomic E-state index is 13.2. The van der Waals surface area contributed by atoms with E-state index in [1.165, 1.54) is 19.2 Å². The Morgan fingerprint density at radius 2 is 2.03 bits per heavy atom. The van der Waals surface area contributed by atoms with E-state index in [1.807, 2.05) is 29.6 Å². The van der Waals surface area contributed by atoms with Gasteiger partial charge >= 0.3 is 0 Å². The highest BCUT2D eigenvalue weighted by molar-refractivity contribution is 7.13. The number of nitrogens with zero attached hydrogens (tertiary/aromatic N) is 2. The summed E-state index contributed by atoms with van der Waals surface area (Å²) in [6, 6.07) is 17.6. The minimum Gasteiger partial charge on any atom is -0.493 e. The van der Waals surface area contributed by atoms with Crippen LogP contribution >= 0.6 is 11.3 Å². The molecule has 0 saturated heterocycles. The van der Waals surface area contributed by atoms with Crippen molar-refractivity contribution in [1.82, 2.24) is 10.2 Å². The number of fused-ring (bicyclic) bond motifs is 1. The van der Waals surface area contributed by atoms with Gasteiger partial charge in [-0.05, 0) is 46.8 Å². The standard InChI is InChI=1S/C25H19FN4O3S/c1-31-19-11-15(6-9-18(19)32-13-14-4-7-16(26)8-5-14)21-17(12-27)24(28)33-25-22(21)23(29-30-25)20-3-2-10-34-20/h2-11,17,21,28H,13H2,1H3,(H,29,30). The van der Waals surface area contributed by atoms with E-state index in [2.05, 4.69) is 16.3 Å². The Morgan fingerprint density at radius 3 is 2.74 bits per heavy atom. The number of hydrogen-bond donors (Lipinski definition) is 2. The monoisotopic (exact) mass is 474 g/mol. The Morgan fingerprint density at radius 1 is 1.21 bits per heavy atom. The lowest BCUT2D eigenvalue weighted by molar-refractivity contribution is 0.284. The molecule has 5 rings (SSSR count). The topological polar surface area (TPSA) is 104 Å². The molecule has 0 bridgehead atoms. The van der Waals surface area contributed by atoms with E-state index in [0.717, 1.165) is 27.3 Å². The van der Waals surface area contributed by atoms with Crippen LogP contribution < -0.4 is 14.2 Å². The third kappa shape index (κ3) is 3.89. The molecular formula is C25H19FN4O3S. The summed E-state index contributed by atoms with van der Waals surface area (Å²) in [5, 5.41) is 27.4. The molecule has 3 heterocycles. The van der Waals surface area contributed by atoms with E-state index >= 15 is 0 Å². The van der Waals surface area contributed by atoms with Crippen molar-refractivity contribution in [2.24, 2.45) is 5.92 Å². The van der Waals surface area contributed by atoms with Gasteiger partial charge in [0.1, 0.15) is 18.3 Å². The number of thiophene rings is 1. The summed E-state index contributed by atoms with van der Waals surface area (Å²) in [7, 11) is 1.54. The predicted octanol–water partition coefficient (Wildman–Crippen LogP) is 5.51. The number of hydrogen-bond acceptors (Lipinski definition) is 7. The summed E-state index contributed by atoms with van der Waals surface area (Å²) in [5.74, 6) is -0.494. The van der Waals surface area contributed by atoms with Gasteiger partial charge in [-0.3, -0.25) is 10.5 Å². The lowest BCUT2D eigenvalue weighted by Gasteiger charge is -2.28. The third-order valence-corrected chi connectivity index (χ3v) is 6.55. The first kappa shape index (κ1) is 21.7. The summed E-state index contributed by atoms with van der Waals surface area (Å²) >= 11 is 1.54. The van der Waals surface area contributed by atoms with Crippen molar-refractivity contribution in [1.29, 1.82) is 10.7 Å². The summed E-state index contributed by atoms with van der Waals surface area (Å²) in [5.41, 5.74) is 3.08. The number of aromatic nitrogens is 2. The molecule has 9 heteroatoms. The van der Waals surface area contributed by atoms with Crippen molar-refractivity contribution in [3.63, 3.8) is 0 Å². The first-order valence-corrected chi connectivity index (χ1v) is 11.3. The lowest BCUT2D eigenvalue weighted by atomic mass is 9.79. The van der Waals surface area contributed by atoms with Crippen molar-refractivity contribution in [3.8, 4) is 34.0 Å². The Bertz CT molecular complexity index is 1380. The van der Waals surface area contributed by atoms with Gasteiger partial charge < -0.3 is 14.2 Å². The van der Waals surface area contributed by atoms with E-state index in [-0.39, 0.29) is 18.3 Å². The van der Waals surface area contributed by atoms with Crippen LogP contribution in [0.3, 0.4) is 0 Å². The Kier molecular flexibility index (Phi) is 5.74. The van der Waals surface area contributed by atoms with Crippen molar-refractivity contribution < 1.29 is 18.6 Å². The van der Waals surface area contributed by atoms with Gasteiger partial charge in [-0.1, -0.05) is 24.3 Å². The second-order valence-corrected chi connectivity index (χ2v) is 8.62. The fourth-order valence-electron chi connectivity index (χ4n) is 4.03. The molecule has 4 aromatic rings. The van der Waals surface area contributed by atoms with Gasteiger partial charge in [-0.2, -0.15) is 5.26 Å². The highest BCUT2D eigenvalue weighted by atomic mass is 32.1. The summed E-state index contributed by atoms with van der Waals surface area (Å²) in [6.07, 6.45) is 0. The molecule has 7 nitrogen and oxygen atoms in total. The Hall–Kier alpha value is -4.16. The van der Waals surface area contributed by atoms with Crippen molar-refractivity contribution in [2.45, 2.75) is 12.5 Å². The van der Waals surface area contributed by atoms with Gasteiger partial charge in [0, 0.05) is 5.92 Å². The van der Waals surface area contributed by atoms with Crippen LogP contribution in [0.2, 0.25) is 0 Å². The number of rotatable bonds is 6. The molecule has 0 radical (unpaired) electrons. The van der Waals surface area contributed by atoms with Crippen LogP contribution in [0.4, 0.5) is 4.39 Å². The molecule has 0 aliphatic carbocycles. The van der Waals surface area contributed by atoms with E-state index in [4.69, 9.17) is 19.6 Å². The number of ether oxygens (including phenoxy) is 3. The molecule has 0 fully saturated rings. The lowest BCUT2D eigenvalue weighted by Crippen LogP contribution is -2.30. The van der Waals surface area contributed by atoms with Crippen LogP contribution in [0.15, 0.2) is 60.0 Å². The fraction of sp³-hybridized carbons (Fsp3) is 0.160. The molecule has 0 saturated carbocycles. The molecule has 34 heavy (non-hydrogen) atoms. The number of H-pyrrole nitrogens is 1. The molecule has 0 spiro atoms. The first-order valence-electron chi connectivity index (χ1n) is 10.4. The molecule has 1 aliphatic rings. The second-order valence-electron chi connectivity index (χ2n) is 7.67. The molecule has 2 N–H and O–H groups in total. The van der Waals surface area contributed by atoms with Gasteiger partial charge in [0.05, 0.1) is 29.3 Å². The maximum Gasteiger partial charge on any atom is 0.244 e. The molecule has 2 atom stereocenters. The second kappa shape index (κ2) is 9.00. The number of halogens is 1. The van der Waals surface area contributed by atoms with Crippen LogP contribution in [0.1, 0.15) is 22.6 Å². The molecule has 2 unspecified atom stereocenters. The van der Waals surface area contributed by atoms with Gasteiger partial charge in [0.15, 0.2) is 11.5 Å². The van der Waals surface area contributed by atoms with Crippen molar-refractivity contribution >= 4 is 17.2 Å². The zero-order valence-electron chi connectivity index (χ0n) is 18.0. The van der Waals surface area contributed by atoms with Crippen molar-refractivity contribution in [3.05, 3.63) is 82.5 Å². The van der Waals surface area contributed by atoms with Crippen LogP contribution in [-0.4, -0.2) is 23.2 Å². The molecule has 1 aliphatic heterocycles. The number of benzene rings is 2. The number of nitriles is 1. The molecule has 2 aromatic heterocycles. The highest BCUT2D eigenvalue weighted by Crippen LogP contribution is 2.47. The van der Waals surface area contributed by atoms with E-state index in [9.17, 15) is 9.65 Å². The molecular weight excluding hydrogens is 455 g/mol. The summed E-state index contributed by atoms with van der Waals surface area (Å²) in [4.78, 5) is 0.957. The highest BCUT2D eigenvalue weighted by Gasteiger charge is 2.41. The van der Waals surface area contributed by atoms with Crippen LogP contribution in [0.5, 0.6) is 17.4 Å². The predicted molar refractivity (Wildman–Crippen MR) is 125 cm³/mol. The minimum atomic E-state index is -0.834. The zero-order valence-corrected chi connectivity index (χ0v) is 18.9. The Balaban J connectivity index is 1.52. The SMILES string of the molecule is COc1cc(C2c3c(n[nH]c3-c3cccs3)OC(=N)C2C#N)ccc1OCc1ccc(F)cc1. The molecule has 2 aromatic carbocycles. The number of methoxy groups -OCH3 is 1. The smallest absolute Gasteiger partial charge is 0.244 e. The van der Waals surface area contributed by atoms with E-state index in [1.54, 1.807) is 29.5 Å². The average molecular weight is 475 g/mol.